The van der Waals surface area contributed by atoms with Gasteiger partial charge in [0.2, 0.25) is 10.0 Å². The van der Waals surface area contributed by atoms with Crippen LogP contribution >= 0.6 is 27.3 Å². The van der Waals surface area contributed by atoms with E-state index in [1.165, 1.54) is 24.5 Å². The van der Waals surface area contributed by atoms with Gasteiger partial charge in [-0.15, -0.1) is 11.3 Å². The molecule has 0 saturated carbocycles. The lowest BCUT2D eigenvalue weighted by Gasteiger charge is -2.10. The fourth-order valence-corrected chi connectivity index (χ4v) is 4.10. The number of hydrogen-bond acceptors (Lipinski definition) is 5. The van der Waals surface area contributed by atoms with Crippen molar-refractivity contribution in [2.24, 2.45) is 0 Å². The predicted molar refractivity (Wildman–Crippen MR) is 81.6 cm³/mol. The first-order valence-corrected chi connectivity index (χ1v) is 8.82. The van der Waals surface area contributed by atoms with Crippen LogP contribution in [0.4, 0.5) is 0 Å². The van der Waals surface area contributed by atoms with Crippen molar-refractivity contribution in [2.45, 2.75) is 18.4 Å². The quantitative estimate of drug-likeness (QED) is 0.870. The molecule has 0 aliphatic heterocycles. The van der Waals surface area contributed by atoms with E-state index in [1.807, 2.05) is 6.92 Å². The number of nitrogens with zero attached hydrogens (tertiary/aromatic N) is 1. The van der Waals surface area contributed by atoms with E-state index in [-0.39, 0.29) is 11.4 Å². The largest absolute Gasteiger partial charge is 0.495 e. The smallest absolute Gasteiger partial charge is 0.244 e. The van der Waals surface area contributed by atoms with Crippen molar-refractivity contribution in [2.75, 3.05) is 7.11 Å². The van der Waals surface area contributed by atoms with Crippen molar-refractivity contribution < 1.29 is 13.2 Å². The van der Waals surface area contributed by atoms with Crippen LogP contribution in [0.2, 0.25) is 0 Å². The number of sulfonamides is 1. The summed E-state index contributed by atoms with van der Waals surface area (Å²) >= 11 is 4.68. The van der Waals surface area contributed by atoms with Gasteiger partial charge < -0.3 is 4.74 Å². The molecule has 2 rings (SSSR count). The zero-order valence-electron chi connectivity index (χ0n) is 10.9. The second kappa shape index (κ2) is 6.21. The van der Waals surface area contributed by atoms with Crippen molar-refractivity contribution in [3.63, 3.8) is 0 Å². The molecule has 5 nitrogen and oxygen atoms in total. The second-order valence-electron chi connectivity index (χ2n) is 3.98. The van der Waals surface area contributed by atoms with Gasteiger partial charge in [0.05, 0.1) is 18.3 Å². The second-order valence-corrected chi connectivity index (χ2v) is 7.57. The molecule has 20 heavy (non-hydrogen) atoms. The highest BCUT2D eigenvalue weighted by Gasteiger charge is 2.20. The number of ether oxygens (including phenoxy) is 1. The topological polar surface area (TPSA) is 68.3 Å². The van der Waals surface area contributed by atoms with E-state index in [2.05, 4.69) is 25.6 Å². The Bertz CT molecular complexity index is 713. The average molecular weight is 377 g/mol. The van der Waals surface area contributed by atoms with Gasteiger partial charge in [0.1, 0.15) is 10.6 Å². The molecule has 0 saturated heterocycles. The number of hydrogen-bond donors (Lipinski definition) is 1. The Morgan fingerprint density at radius 3 is 2.80 bits per heavy atom. The van der Waals surface area contributed by atoms with Crippen LogP contribution < -0.4 is 9.46 Å². The van der Waals surface area contributed by atoms with E-state index in [1.54, 1.807) is 17.6 Å². The molecular formula is C12H13BrN2O3S2. The number of benzene rings is 1. The molecule has 0 aliphatic rings. The Morgan fingerprint density at radius 2 is 2.20 bits per heavy atom. The van der Waals surface area contributed by atoms with Gasteiger partial charge in [-0.1, -0.05) is 15.9 Å². The summed E-state index contributed by atoms with van der Waals surface area (Å²) in [7, 11) is -2.20. The maximum atomic E-state index is 12.3. The van der Waals surface area contributed by atoms with Gasteiger partial charge in [0.15, 0.2) is 0 Å². The summed E-state index contributed by atoms with van der Waals surface area (Å²) in [6, 6.07) is 4.85. The zero-order chi connectivity index (χ0) is 14.8. The number of methoxy groups -OCH3 is 1. The molecule has 8 heteroatoms. The van der Waals surface area contributed by atoms with Crippen LogP contribution in [0.15, 0.2) is 33.1 Å². The normalized spacial score (nSPS) is 11.6. The highest BCUT2D eigenvalue weighted by Crippen LogP contribution is 2.27. The molecule has 1 heterocycles. The first kappa shape index (κ1) is 15.4. The van der Waals surface area contributed by atoms with Crippen LogP contribution in [0, 0.1) is 6.92 Å². The van der Waals surface area contributed by atoms with Crippen LogP contribution in [0.5, 0.6) is 5.75 Å². The molecule has 0 bridgehead atoms. The van der Waals surface area contributed by atoms with Gasteiger partial charge in [-0.05, 0) is 25.1 Å². The van der Waals surface area contributed by atoms with Crippen LogP contribution in [0.3, 0.4) is 0 Å². The molecule has 0 atom stereocenters. The SMILES string of the molecule is COc1ccc(Br)cc1S(=O)(=O)NCc1scnc1C. The number of aromatic nitrogens is 1. The summed E-state index contributed by atoms with van der Waals surface area (Å²) in [5, 5.41) is 0. The lowest BCUT2D eigenvalue weighted by atomic mass is 10.3. The maximum Gasteiger partial charge on any atom is 0.244 e. The molecule has 0 unspecified atom stereocenters. The van der Waals surface area contributed by atoms with Crippen molar-refractivity contribution >= 4 is 37.3 Å². The first-order chi connectivity index (χ1) is 9.44. The molecule has 1 aromatic heterocycles. The van der Waals surface area contributed by atoms with E-state index < -0.39 is 10.0 Å². The van der Waals surface area contributed by atoms with Gasteiger partial charge in [-0.2, -0.15) is 0 Å². The number of thiazole rings is 1. The van der Waals surface area contributed by atoms with Gasteiger partial charge >= 0.3 is 0 Å². The minimum Gasteiger partial charge on any atom is -0.495 e. The van der Waals surface area contributed by atoms with E-state index in [0.29, 0.717) is 10.2 Å². The molecule has 0 fully saturated rings. The lowest BCUT2D eigenvalue weighted by Crippen LogP contribution is -2.23. The average Bonchev–Trinajstić information content (AvgIpc) is 2.82. The third-order valence-corrected chi connectivity index (χ3v) is 5.53. The summed E-state index contributed by atoms with van der Waals surface area (Å²) in [5.74, 6) is 0.307. The minimum atomic E-state index is -3.64. The molecule has 1 N–H and O–H groups in total. The molecule has 2 aromatic rings. The summed E-state index contributed by atoms with van der Waals surface area (Å²) in [6.07, 6.45) is 0. The summed E-state index contributed by atoms with van der Waals surface area (Å²) in [6.45, 7) is 2.06. The number of aryl methyl sites for hydroxylation is 1. The molecule has 0 spiro atoms. The summed E-state index contributed by atoms with van der Waals surface area (Å²) in [4.78, 5) is 5.09. The Kier molecular flexibility index (Phi) is 4.79. The van der Waals surface area contributed by atoms with Gasteiger partial charge in [-0.25, -0.2) is 18.1 Å². The van der Waals surface area contributed by atoms with Crippen LogP contribution in [-0.2, 0) is 16.6 Å². The maximum absolute atomic E-state index is 12.3. The standard InChI is InChI=1S/C12H13BrN2O3S2/c1-8-11(19-7-14-8)6-15-20(16,17)12-5-9(13)3-4-10(12)18-2/h3-5,7,15H,6H2,1-2H3. The number of nitrogens with one attached hydrogen (secondary N) is 1. The van der Waals surface area contributed by atoms with Crippen molar-refractivity contribution in [1.29, 1.82) is 0 Å². The Hall–Kier alpha value is -0.960. The third kappa shape index (κ3) is 3.38. The van der Waals surface area contributed by atoms with Gasteiger partial charge in [0.25, 0.3) is 0 Å². The van der Waals surface area contributed by atoms with Crippen molar-refractivity contribution in [3.05, 3.63) is 38.8 Å². The van der Waals surface area contributed by atoms with Crippen molar-refractivity contribution in [3.8, 4) is 5.75 Å². The Balaban J connectivity index is 2.26. The first-order valence-electron chi connectivity index (χ1n) is 5.66. The van der Waals surface area contributed by atoms with E-state index in [4.69, 9.17) is 4.74 Å². The highest BCUT2D eigenvalue weighted by atomic mass is 79.9. The summed E-state index contributed by atoms with van der Waals surface area (Å²) < 4.78 is 33.0. The molecule has 0 aliphatic carbocycles. The molecule has 0 radical (unpaired) electrons. The van der Waals surface area contributed by atoms with Crippen LogP contribution in [0.1, 0.15) is 10.6 Å². The fourth-order valence-electron chi connectivity index (χ4n) is 1.59. The minimum absolute atomic E-state index is 0.108. The Labute approximate surface area is 130 Å². The van der Waals surface area contributed by atoms with Crippen LogP contribution in [0.25, 0.3) is 0 Å². The Morgan fingerprint density at radius 1 is 1.45 bits per heavy atom. The van der Waals surface area contributed by atoms with E-state index >= 15 is 0 Å². The van der Waals surface area contributed by atoms with E-state index in [0.717, 1.165) is 10.6 Å². The predicted octanol–water partition coefficient (Wildman–Crippen LogP) is 2.70. The lowest BCUT2D eigenvalue weighted by molar-refractivity contribution is 0.402. The van der Waals surface area contributed by atoms with Gasteiger partial charge in [-0.3, -0.25) is 0 Å². The molecule has 0 amide bonds. The zero-order valence-corrected chi connectivity index (χ0v) is 14.1. The number of rotatable bonds is 5. The van der Waals surface area contributed by atoms with Crippen molar-refractivity contribution in [1.82, 2.24) is 9.71 Å². The van der Waals surface area contributed by atoms with E-state index in [9.17, 15) is 8.42 Å². The number of halogens is 1. The van der Waals surface area contributed by atoms with Crippen LogP contribution in [-0.4, -0.2) is 20.5 Å². The molecule has 108 valence electrons. The molecule has 1 aromatic carbocycles. The fraction of sp³-hybridized carbons (Fsp3) is 0.250. The highest BCUT2D eigenvalue weighted by molar-refractivity contribution is 9.10. The van der Waals surface area contributed by atoms with Gasteiger partial charge in [0, 0.05) is 15.9 Å². The monoisotopic (exact) mass is 376 g/mol. The third-order valence-electron chi connectivity index (χ3n) is 2.68. The molecular weight excluding hydrogens is 364 g/mol. The summed E-state index contributed by atoms with van der Waals surface area (Å²) in [5.41, 5.74) is 2.53.